The van der Waals surface area contributed by atoms with Crippen molar-refractivity contribution in [1.82, 2.24) is 0 Å². The number of anilines is 12. The van der Waals surface area contributed by atoms with E-state index >= 15 is 0 Å². The molecule has 0 N–H and O–H groups in total. The molecule has 0 atom stereocenters. The summed E-state index contributed by atoms with van der Waals surface area (Å²) in [6.45, 7) is 19.0. The Morgan fingerprint density at radius 2 is 0.322 bits per heavy atom. The van der Waals surface area contributed by atoms with E-state index in [-0.39, 0.29) is 21.7 Å². The lowest BCUT2D eigenvalue weighted by Gasteiger charge is -2.35. The fourth-order valence-corrected chi connectivity index (χ4v) is 22.0. The smallest absolute Gasteiger partial charge is 0.142 e. The van der Waals surface area contributed by atoms with Crippen molar-refractivity contribution < 1.29 is 18.9 Å². The number of benzene rings is 16. The first kappa shape index (κ1) is 73.3. The number of ether oxygens (including phenoxy) is 4. The van der Waals surface area contributed by atoms with Crippen LogP contribution in [0.1, 0.15) is 122 Å². The summed E-state index contributed by atoms with van der Waals surface area (Å²) < 4.78 is 26.1. The van der Waals surface area contributed by atoms with Gasteiger partial charge in [-0.3, -0.25) is 0 Å². The van der Waals surface area contributed by atoms with Gasteiger partial charge >= 0.3 is 0 Å². The molecule has 0 saturated carbocycles. The van der Waals surface area contributed by atoms with Gasteiger partial charge in [0.25, 0.3) is 0 Å². The first-order valence-electron chi connectivity index (χ1n) is 42.2. The van der Waals surface area contributed by atoms with Gasteiger partial charge in [0.05, 0.1) is 56.6 Å². The van der Waals surface area contributed by atoms with Gasteiger partial charge in [-0.25, -0.2) is 0 Å². The molecule has 121 heavy (non-hydrogen) atoms. The second-order valence-corrected chi connectivity index (χ2v) is 35.3. The number of rotatable bonds is 16. The molecule has 22 rings (SSSR count). The second-order valence-electron chi connectivity index (χ2n) is 35.3. The highest BCUT2D eigenvalue weighted by Gasteiger charge is 2.54. The van der Waals surface area contributed by atoms with E-state index in [1.807, 2.05) is 0 Å². The van der Waals surface area contributed by atoms with E-state index in [0.717, 1.165) is 136 Å². The lowest BCUT2D eigenvalue weighted by atomic mass is 9.70. The quantitative estimate of drug-likeness (QED) is 0.0949. The molecule has 0 heterocycles. The second kappa shape index (κ2) is 27.0. The van der Waals surface area contributed by atoms with Crippen LogP contribution in [0.4, 0.5) is 68.2 Å². The zero-order valence-corrected chi connectivity index (χ0v) is 70.3. The van der Waals surface area contributed by atoms with Crippen molar-refractivity contribution in [2.24, 2.45) is 0 Å². The summed E-state index contributed by atoms with van der Waals surface area (Å²) in [7, 11) is 7.16. The summed E-state index contributed by atoms with van der Waals surface area (Å²) in [6, 6.07) is 127. The van der Waals surface area contributed by atoms with Crippen LogP contribution < -0.4 is 38.5 Å². The van der Waals surface area contributed by atoms with E-state index in [4.69, 9.17) is 18.9 Å². The molecule has 8 nitrogen and oxygen atoms in total. The van der Waals surface area contributed by atoms with Crippen molar-refractivity contribution in [3.63, 3.8) is 0 Å². The molecule has 8 heteroatoms. The molecule has 0 aliphatic heterocycles. The van der Waals surface area contributed by atoms with Crippen LogP contribution in [-0.4, -0.2) is 28.4 Å². The van der Waals surface area contributed by atoms with E-state index in [1.54, 1.807) is 28.4 Å². The van der Waals surface area contributed by atoms with Crippen LogP contribution in [-0.2, 0) is 27.1 Å². The van der Waals surface area contributed by atoms with Crippen molar-refractivity contribution in [1.29, 1.82) is 0 Å². The van der Waals surface area contributed by atoms with Gasteiger partial charge in [0.1, 0.15) is 23.0 Å². The van der Waals surface area contributed by atoms with Gasteiger partial charge in [-0.15, -0.1) is 0 Å². The number of hydrogen-bond acceptors (Lipinski definition) is 8. The zero-order valence-electron chi connectivity index (χ0n) is 70.3. The maximum Gasteiger partial charge on any atom is 0.142 e. The predicted molar refractivity (Wildman–Crippen MR) is 498 cm³/mol. The first-order chi connectivity index (χ1) is 58.9. The molecule has 16 aromatic carbocycles. The number of para-hydroxylation sites is 8. The van der Waals surface area contributed by atoms with Crippen LogP contribution in [0.5, 0.6) is 23.0 Å². The van der Waals surface area contributed by atoms with E-state index in [9.17, 15) is 0 Å². The summed E-state index contributed by atoms with van der Waals surface area (Å²) >= 11 is 0. The van der Waals surface area contributed by atoms with Crippen LogP contribution in [0.15, 0.2) is 340 Å². The highest BCUT2D eigenvalue weighted by Crippen LogP contribution is 2.67. The Kier molecular flexibility index (Phi) is 16.3. The Morgan fingerprint density at radius 1 is 0.165 bits per heavy atom. The van der Waals surface area contributed by atoms with Gasteiger partial charge in [0, 0.05) is 67.2 Å². The minimum atomic E-state index is -1.11. The maximum absolute atomic E-state index is 6.53. The monoisotopic (exact) mass is 1570 g/mol. The number of hydrogen-bond donors (Lipinski definition) is 0. The zero-order chi connectivity index (χ0) is 82.3. The predicted octanol–water partition coefficient (Wildman–Crippen LogP) is 29.2. The highest BCUT2D eigenvalue weighted by molar-refractivity contribution is 6.02. The molecule has 0 aromatic heterocycles. The van der Waals surface area contributed by atoms with Crippen LogP contribution in [0.3, 0.4) is 0 Å². The fraction of sp³-hybridized carbons (Fsp3) is 0.150. The Morgan fingerprint density at radius 3 is 0.521 bits per heavy atom. The van der Waals surface area contributed by atoms with Gasteiger partial charge in [0.2, 0.25) is 0 Å². The lowest BCUT2D eigenvalue weighted by molar-refractivity contribution is 0.416. The molecule has 588 valence electrons. The molecule has 0 fully saturated rings. The molecule has 6 aliphatic carbocycles. The van der Waals surface area contributed by atoms with Gasteiger partial charge in [0.15, 0.2) is 0 Å². The Balaban J connectivity index is 0.854. The van der Waals surface area contributed by atoms with Crippen molar-refractivity contribution in [2.75, 3.05) is 48.0 Å². The number of methoxy groups -OCH3 is 4. The fourth-order valence-electron chi connectivity index (χ4n) is 22.0. The summed E-state index contributed by atoms with van der Waals surface area (Å²) in [5.74, 6) is 3.00. The number of fused-ring (bicyclic) bond motifs is 22. The standard InChI is InChI=1S/C113H92N4O4/c1-109(2)89-33-17-13-29-77(89)81-53-45-69(61-93(81)109)114(101-37-21-25-41-105(101)118-9)73-49-57-85-86-58-50-74(115(102-38-22-26-42-106(102)119-10)70-46-54-82-78-30-14-18-34-90(78)110(3,4)94(82)62-70)66-98(86)113(97(85)65-73)99-67-75(116(103-39-23-27-43-107(103)120-11)71-47-55-83-79-31-15-19-35-91(79)111(5,6)95(83)63-71)51-59-87(99)88-60-52-76(68-100(88)113)117(104-40-24-28-44-108(104)121-12)72-48-56-84-80-32-16-20-36-92(80)112(7,8)96(84)64-72/h13-68H,1-12H3. The summed E-state index contributed by atoms with van der Waals surface area (Å²) in [6.07, 6.45) is 0. The lowest BCUT2D eigenvalue weighted by Crippen LogP contribution is -2.27. The normalized spacial score (nSPS) is 14.8. The van der Waals surface area contributed by atoms with Gasteiger partial charge in [-0.2, -0.15) is 0 Å². The largest absolute Gasteiger partial charge is 0.495 e. The Labute approximate surface area is 709 Å². The van der Waals surface area contributed by atoms with Crippen molar-refractivity contribution in [3.8, 4) is 89.8 Å². The first-order valence-corrected chi connectivity index (χ1v) is 42.2. The van der Waals surface area contributed by atoms with E-state index in [0.29, 0.717) is 0 Å². The van der Waals surface area contributed by atoms with Crippen molar-refractivity contribution >= 4 is 68.2 Å². The molecule has 16 aromatic rings. The topological polar surface area (TPSA) is 49.9 Å². The van der Waals surface area contributed by atoms with E-state index < -0.39 is 5.41 Å². The van der Waals surface area contributed by atoms with Crippen LogP contribution in [0, 0.1) is 0 Å². The average molecular weight is 1570 g/mol. The van der Waals surface area contributed by atoms with Crippen LogP contribution in [0.2, 0.25) is 0 Å². The van der Waals surface area contributed by atoms with Gasteiger partial charge < -0.3 is 38.5 Å². The molecule has 6 aliphatic rings. The Bertz CT molecular complexity index is 6200. The maximum atomic E-state index is 6.53. The molecule has 0 saturated heterocycles. The SMILES string of the molecule is COc1ccccc1N(c1ccc2c(c1)C(C)(C)c1ccccc1-2)c1ccc2c(c1)C1(c3cc(N(c4ccc5c(c4)C(C)(C)c4ccccc4-5)c4ccccc4OC)ccc3-2)c2cc(N(c3ccc4c(c3)C(C)(C)c3ccccc3-4)c3ccccc3OC)ccc2-c2ccc(N(c3ccc4c(c3)C(C)(C)c3ccccc3-4)c3ccccc3OC)cc21. The van der Waals surface area contributed by atoms with E-state index in [1.165, 1.54) is 89.0 Å². The third-order valence-electron chi connectivity index (χ3n) is 27.8. The molecule has 0 amide bonds. The summed E-state index contributed by atoms with van der Waals surface area (Å²) in [5, 5.41) is 0. The average Bonchev–Trinajstić information content (AvgIpc) is 1.50. The third kappa shape index (κ3) is 10.5. The summed E-state index contributed by atoms with van der Waals surface area (Å²) in [5.41, 5.74) is 38.7. The van der Waals surface area contributed by atoms with Crippen molar-refractivity contribution in [2.45, 2.75) is 82.5 Å². The van der Waals surface area contributed by atoms with Gasteiger partial charge in [-0.05, 0) is 279 Å². The van der Waals surface area contributed by atoms with Gasteiger partial charge in [-0.1, -0.05) is 250 Å². The molecule has 0 bridgehead atoms. The molecule has 1 spiro atoms. The molecular weight excluding hydrogens is 1480 g/mol. The molecule has 0 unspecified atom stereocenters. The third-order valence-corrected chi connectivity index (χ3v) is 27.8. The highest BCUT2D eigenvalue weighted by atomic mass is 16.5. The van der Waals surface area contributed by atoms with E-state index in [2.05, 4.69) is 415 Å². The van der Waals surface area contributed by atoms with Crippen LogP contribution in [0.25, 0.3) is 66.8 Å². The Hall–Kier alpha value is -14.1. The molecule has 0 radical (unpaired) electrons. The summed E-state index contributed by atoms with van der Waals surface area (Å²) in [4.78, 5) is 9.76. The van der Waals surface area contributed by atoms with Crippen LogP contribution >= 0.6 is 0 Å². The molecular formula is C113H92N4O4. The minimum absolute atomic E-state index is 0.293. The minimum Gasteiger partial charge on any atom is -0.495 e. The number of nitrogens with zero attached hydrogens (tertiary/aromatic N) is 4. The van der Waals surface area contributed by atoms with Crippen molar-refractivity contribution in [3.05, 3.63) is 406 Å².